The lowest BCUT2D eigenvalue weighted by Gasteiger charge is -2.37. The van der Waals surface area contributed by atoms with Crippen LogP contribution in [0.4, 0.5) is 0 Å². The summed E-state index contributed by atoms with van der Waals surface area (Å²) in [5, 5.41) is 13.2. The van der Waals surface area contributed by atoms with E-state index < -0.39 is 11.9 Å². The number of ether oxygens (including phenoxy) is 3. The summed E-state index contributed by atoms with van der Waals surface area (Å²) in [7, 11) is 3.26. The first kappa shape index (κ1) is 25.1. The number of methoxy groups -OCH3 is 2. The highest BCUT2D eigenvalue weighted by Crippen LogP contribution is 2.45. The zero-order valence-corrected chi connectivity index (χ0v) is 21.9. The molecule has 7 heteroatoms. The number of carboxylic acid groups (broad SMARTS) is 1. The van der Waals surface area contributed by atoms with Gasteiger partial charge in [-0.15, -0.1) is 11.3 Å². The van der Waals surface area contributed by atoms with Crippen molar-refractivity contribution in [3.05, 3.63) is 88.8 Å². The van der Waals surface area contributed by atoms with Crippen molar-refractivity contribution in [3.63, 3.8) is 0 Å². The van der Waals surface area contributed by atoms with Crippen LogP contribution in [0.2, 0.25) is 0 Å². The number of rotatable bonds is 9. The van der Waals surface area contributed by atoms with Crippen molar-refractivity contribution >= 4 is 27.4 Å². The molecule has 0 spiro atoms. The summed E-state index contributed by atoms with van der Waals surface area (Å²) in [4.78, 5) is 14.2. The van der Waals surface area contributed by atoms with Gasteiger partial charge in [-0.1, -0.05) is 48.5 Å². The molecule has 1 N–H and O–H groups in total. The van der Waals surface area contributed by atoms with E-state index in [2.05, 4.69) is 22.4 Å². The predicted octanol–water partition coefficient (Wildman–Crippen LogP) is 6.38. The Bertz CT molecular complexity index is 1340. The van der Waals surface area contributed by atoms with Crippen molar-refractivity contribution < 1.29 is 24.1 Å². The molecule has 37 heavy (non-hydrogen) atoms. The Balaban J connectivity index is 1.58. The molecule has 1 aliphatic rings. The molecule has 1 aromatic heterocycles. The Morgan fingerprint density at radius 1 is 1.05 bits per heavy atom. The average molecular weight is 518 g/mol. The van der Waals surface area contributed by atoms with Gasteiger partial charge in [0.2, 0.25) is 5.75 Å². The largest absolute Gasteiger partial charge is 0.493 e. The molecule has 0 amide bonds. The van der Waals surface area contributed by atoms with Crippen LogP contribution < -0.4 is 14.2 Å². The van der Waals surface area contributed by atoms with E-state index in [9.17, 15) is 9.90 Å². The minimum absolute atomic E-state index is 0.149. The van der Waals surface area contributed by atoms with E-state index in [1.165, 1.54) is 10.1 Å². The molecule has 0 radical (unpaired) electrons. The van der Waals surface area contributed by atoms with Crippen LogP contribution in [0.15, 0.2) is 72.1 Å². The van der Waals surface area contributed by atoms with Crippen LogP contribution in [0.25, 0.3) is 10.1 Å². The van der Waals surface area contributed by atoms with E-state index in [1.54, 1.807) is 25.6 Å². The number of carbonyl (C=O) groups is 1. The number of fused-ring (bicyclic) bond motifs is 1. The van der Waals surface area contributed by atoms with Crippen molar-refractivity contribution in [2.75, 3.05) is 27.3 Å². The molecule has 0 bridgehead atoms. The SMILES string of the molecule is COc1cc(C(c2csc3ccccc23)N2CCCC(C(=O)O)C2)cc(OC)c1OCc1ccccc1. The first-order chi connectivity index (χ1) is 18.1. The fourth-order valence-corrected chi connectivity index (χ4v) is 6.15. The summed E-state index contributed by atoms with van der Waals surface area (Å²) in [6.45, 7) is 1.69. The Hall–Kier alpha value is -3.55. The van der Waals surface area contributed by atoms with Crippen LogP contribution in [0.3, 0.4) is 0 Å². The second kappa shape index (κ2) is 11.2. The third-order valence-electron chi connectivity index (χ3n) is 7.00. The molecular formula is C30H31NO5S. The second-order valence-electron chi connectivity index (χ2n) is 9.29. The van der Waals surface area contributed by atoms with Crippen LogP contribution in [-0.2, 0) is 11.4 Å². The average Bonchev–Trinajstić information content (AvgIpc) is 3.36. The molecule has 2 atom stereocenters. The zero-order valence-electron chi connectivity index (χ0n) is 21.1. The van der Waals surface area contributed by atoms with Gasteiger partial charge in [0, 0.05) is 11.2 Å². The molecule has 2 heterocycles. The molecule has 192 valence electrons. The topological polar surface area (TPSA) is 68.2 Å². The first-order valence-corrected chi connectivity index (χ1v) is 13.3. The molecule has 1 fully saturated rings. The number of likely N-dealkylation sites (tertiary alicyclic amines) is 1. The van der Waals surface area contributed by atoms with Crippen LogP contribution in [0, 0.1) is 5.92 Å². The summed E-state index contributed by atoms with van der Waals surface area (Å²) < 4.78 is 19.0. The Kier molecular flexibility index (Phi) is 7.63. The molecule has 4 aromatic rings. The van der Waals surface area contributed by atoms with Gasteiger partial charge in [0.1, 0.15) is 6.61 Å². The number of nitrogens with zero attached hydrogens (tertiary/aromatic N) is 1. The second-order valence-corrected chi connectivity index (χ2v) is 10.2. The molecule has 1 saturated heterocycles. The van der Waals surface area contributed by atoms with E-state index in [0.717, 1.165) is 29.7 Å². The van der Waals surface area contributed by atoms with Gasteiger partial charge < -0.3 is 19.3 Å². The third-order valence-corrected chi connectivity index (χ3v) is 7.98. The maximum atomic E-state index is 11.9. The van der Waals surface area contributed by atoms with Gasteiger partial charge in [0.05, 0.1) is 26.2 Å². The highest BCUT2D eigenvalue weighted by molar-refractivity contribution is 7.17. The number of thiophene rings is 1. The number of aliphatic carboxylic acids is 1. The van der Waals surface area contributed by atoms with Gasteiger partial charge in [-0.3, -0.25) is 9.69 Å². The molecule has 2 unspecified atom stereocenters. The van der Waals surface area contributed by atoms with Crippen LogP contribution in [0.1, 0.15) is 35.6 Å². The number of benzene rings is 3. The highest BCUT2D eigenvalue weighted by atomic mass is 32.1. The third kappa shape index (κ3) is 5.29. The maximum Gasteiger partial charge on any atom is 0.307 e. The van der Waals surface area contributed by atoms with Gasteiger partial charge in [-0.2, -0.15) is 0 Å². The molecule has 0 aliphatic carbocycles. The molecule has 0 saturated carbocycles. The Morgan fingerprint density at radius 2 is 1.76 bits per heavy atom. The molecular weight excluding hydrogens is 486 g/mol. The Labute approximate surface area is 221 Å². The van der Waals surface area contributed by atoms with E-state index in [1.807, 2.05) is 54.6 Å². The molecule has 6 nitrogen and oxygen atoms in total. The lowest BCUT2D eigenvalue weighted by Crippen LogP contribution is -2.41. The van der Waals surface area contributed by atoms with E-state index in [0.29, 0.717) is 36.8 Å². The van der Waals surface area contributed by atoms with Crippen LogP contribution in [-0.4, -0.2) is 43.3 Å². The fraction of sp³-hybridized carbons (Fsp3) is 0.300. The van der Waals surface area contributed by atoms with Gasteiger partial charge >= 0.3 is 5.97 Å². The number of hydrogen-bond acceptors (Lipinski definition) is 6. The number of carboxylic acids is 1. The van der Waals surface area contributed by atoms with E-state index in [-0.39, 0.29) is 6.04 Å². The van der Waals surface area contributed by atoms with Crippen LogP contribution >= 0.6 is 11.3 Å². The minimum Gasteiger partial charge on any atom is -0.493 e. The molecule has 5 rings (SSSR count). The fourth-order valence-electron chi connectivity index (χ4n) is 5.17. The summed E-state index contributed by atoms with van der Waals surface area (Å²) in [5.41, 5.74) is 3.19. The standard InChI is InChI=1S/C30H31NO5S/c1-34-25-15-22(16-26(35-2)29(25)36-18-20-9-4-3-5-10-20)28(31-14-8-11-21(17-31)30(32)33)24-19-37-27-13-7-6-12-23(24)27/h3-7,9-10,12-13,15-16,19,21,28H,8,11,14,17-18H2,1-2H3,(H,32,33). The number of piperidine rings is 1. The minimum atomic E-state index is -0.738. The zero-order chi connectivity index (χ0) is 25.8. The van der Waals surface area contributed by atoms with Crippen molar-refractivity contribution in [1.82, 2.24) is 4.90 Å². The first-order valence-electron chi connectivity index (χ1n) is 12.4. The highest BCUT2D eigenvalue weighted by Gasteiger charge is 2.33. The Morgan fingerprint density at radius 3 is 2.46 bits per heavy atom. The van der Waals surface area contributed by atoms with Crippen molar-refractivity contribution in [2.24, 2.45) is 5.92 Å². The van der Waals surface area contributed by atoms with E-state index >= 15 is 0 Å². The maximum absolute atomic E-state index is 11.9. The van der Waals surface area contributed by atoms with Crippen molar-refractivity contribution in [1.29, 1.82) is 0 Å². The van der Waals surface area contributed by atoms with Gasteiger partial charge in [0.15, 0.2) is 11.5 Å². The summed E-state index contributed by atoms with van der Waals surface area (Å²) in [5.74, 6) is 0.591. The van der Waals surface area contributed by atoms with Gasteiger partial charge in [-0.25, -0.2) is 0 Å². The van der Waals surface area contributed by atoms with Crippen molar-refractivity contribution in [2.45, 2.75) is 25.5 Å². The lowest BCUT2D eigenvalue weighted by molar-refractivity contribution is -0.143. The molecule has 3 aromatic carbocycles. The summed E-state index contributed by atoms with van der Waals surface area (Å²) in [6.07, 6.45) is 1.53. The normalized spacial score (nSPS) is 16.9. The number of hydrogen-bond donors (Lipinski definition) is 1. The van der Waals surface area contributed by atoms with Gasteiger partial charge in [-0.05, 0) is 65.0 Å². The molecule has 1 aliphatic heterocycles. The van der Waals surface area contributed by atoms with Gasteiger partial charge in [0.25, 0.3) is 0 Å². The quantitative estimate of drug-likeness (QED) is 0.278. The smallest absolute Gasteiger partial charge is 0.307 e. The van der Waals surface area contributed by atoms with E-state index in [4.69, 9.17) is 14.2 Å². The predicted molar refractivity (Wildman–Crippen MR) is 146 cm³/mol. The van der Waals surface area contributed by atoms with Crippen LogP contribution in [0.5, 0.6) is 17.2 Å². The summed E-state index contributed by atoms with van der Waals surface area (Å²) >= 11 is 1.71. The lowest BCUT2D eigenvalue weighted by atomic mass is 9.91. The monoisotopic (exact) mass is 517 g/mol. The summed E-state index contributed by atoms with van der Waals surface area (Å²) in [6, 6.07) is 22.2. The van der Waals surface area contributed by atoms with Crippen molar-refractivity contribution in [3.8, 4) is 17.2 Å².